The third kappa shape index (κ3) is 3.39. The number of rotatable bonds is 5. The lowest BCUT2D eigenvalue weighted by molar-refractivity contribution is -0.104. The van der Waals surface area contributed by atoms with E-state index >= 15 is 0 Å². The van der Waals surface area contributed by atoms with Crippen LogP contribution in [0.3, 0.4) is 0 Å². The molecule has 0 aliphatic rings. The molecule has 2 rings (SSSR count). The summed E-state index contributed by atoms with van der Waals surface area (Å²) in [6, 6.07) is 18.7. The fourth-order valence-electron chi connectivity index (χ4n) is 1.85. The number of carbonyl (C=O) groups is 2. The molecule has 0 radical (unpaired) electrons. The van der Waals surface area contributed by atoms with Crippen molar-refractivity contribution in [2.45, 2.75) is 0 Å². The van der Waals surface area contributed by atoms with Gasteiger partial charge in [0.2, 0.25) is 0 Å². The van der Waals surface area contributed by atoms with Crippen LogP contribution >= 0.6 is 0 Å². The van der Waals surface area contributed by atoms with Crippen molar-refractivity contribution in [2.75, 3.05) is 0 Å². The number of allylic oxidation sites excluding steroid dienone is 4. The van der Waals surface area contributed by atoms with Gasteiger partial charge in [-0.15, -0.1) is 0 Å². The molecule has 0 aliphatic carbocycles. The molecule has 2 nitrogen and oxygen atoms in total. The predicted octanol–water partition coefficient (Wildman–Crippen LogP) is 3.55. The van der Waals surface area contributed by atoms with Gasteiger partial charge in [0.05, 0.1) is 0 Å². The average Bonchev–Trinajstić information content (AvgIpc) is 2.53. The van der Waals surface area contributed by atoms with Gasteiger partial charge in [0.1, 0.15) is 0 Å². The van der Waals surface area contributed by atoms with Crippen LogP contribution in [0.5, 0.6) is 0 Å². The monoisotopic (exact) mass is 262 g/mol. The second kappa shape index (κ2) is 7.00. The number of carbonyl (C=O) groups excluding carboxylic acids is 2. The van der Waals surface area contributed by atoms with Gasteiger partial charge in [-0.25, -0.2) is 0 Å². The number of hydrogen-bond donors (Lipinski definition) is 0. The van der Waals surface area contributed by atoms with Crippen LogP contribution in [0.4, 0.5) is 0 Å². The van der Waals surface area contributed by atoms with Gasteiger partial charge in [-0.3, -0.25) is 9.59 Å². The highest BCUT2D eigenvalue weighted by molar-refractivity contribution is 6.11. The molecule has 2 heteroatoms. The molecule has 0 heterocycles. The van der Waals surface area contributed by atoms with Crippen molar-refractivity contribution >= 4 is 23.7 Å². The Bertz CT molecular complexity index is 578. The third-order valence-corrected chi connectivity index (χ3v) is 2.91. The molecule has 98 valence electrons. The largest absolute Gasteiger partial charge is 0.298 e. The Labute approximate surface area is 118 Å². The highest BCUT2D eigenvalue weighted by Gasteiger charge is 2.00. The minimum Gasteiger partial charge on any atom is -0.298 e. The van der Waals surface area contributed by atoms with Crippen LogP contribution in [-0.2, 0) is 9.59 Å². The van der Waals surface area contributed by atoms with E-state index in [1.165, 1.54) is 0 Å². The molecular weight excluding hydrogens is 248 g/mol. The molecule has 0 N–H and O–H groups in total. The first-order chi connectivity index (χ1) is 9.85. The molecule has 20 heavy (non-hydrogen) atoms. The van der Waals surface area contributed by atoms with Crippen molar-refractivity contribution in [3.63, 3.8) is 0 Å². The molecule has 2 aromatic carbocycles. The fourth-order valence-corrected chi connectivity index (χ4v) is 1.85. The normalized spacial score (nSPS) is 12.0. The van der Waals surface area contributed by atoms with Crippen LogP contribution in [0.2, 0.25) is 0 Å². The standard InChI is InChI=1S/C18H14O2/c19-13-17(15-7-3-1-4-8-15)11-12-18(14-20)16-9-5-2-6-10-16/h1-14H. The maximum atomic E-state index is 11.2. The van der Waals surface area contributed by atoms with E-state index in [0.29, 0.717) is 11.1 Å². The second-order valence-electron chi connectivity index (χ2n) is 4.21. The first-order valence-corrected chi connectivity index (χ1v) is 6.28. The Morgan fingerprint density at radius 2 is 0.950 bits per heavy atom. The van der Waals surface area contributed by atoms with Gasteiger partial charge in [0, 0.05) is 11.1 Å². The Hall–Kier alpha value is -2.74. The minimum atomic E-state index is 0.542. The highest BCUT2D eigenvalue weighted by Crippen LogP contribution is 2.15. The summed E-state index contributed by atoms with van der Waals surface area (Å²) in [5, 5.41) is 0. The van der Waals surface area contributed by atoms with Crippen LogP contribution in [0, 0.1) is 0 Å². The van der Waals surface area contributed by atoms with E-state index < -0.39 is 0 Å². The van der Waals surface area contributed by atoms with Crippen LogP contribution in [-0.4, -0.2) is 12.6 Å². The van der Waals surface area contributed by atoms with E-state index in [0.717, 1.165) is 23.7 Å². The summed E-state index contributed by atoms with van der Waals surface area (Å²) in [7, 11) is 0. The SMILES string of the molecule is O=CC(=CC=C(C=O)c1ccccc1)c1ccccc1. The molecule has 0 saturated carbocycles. The predicted molar refractivity (Wildman–Crippen MR) is 81.0 cm³/mol. The summed E-state index contributed by atoms with van der Waals surface area (Å²) in [5.74, 6) is 0. The van der Waals surface area contributed by atoms with Crippen LogP contribution in [0.15, 0.2) is 72.8 Å². The van der Waals surface area contributed by atoms with Gasteiger partial charge < -0.3 is 0 Å². The lowest BCUT2D eigenvalue weighted by Crippen LogP contribution is -1.87. The number of aldehydes is 2. The van der Waals surface area contributed by atoms with Crippen molar-refractivity contribution in [1.29, 1.82) is 0 Å². The molecule has 0 aliphatic heterocycles. The molecule has 0 bridgehead atoms. The lowest BCUT2D eigenvalue weighted by atomic mass is 10.0. The van der Waals surface area contributed by atoms with E-state index in [2.05, 4.69) is 0 Å². The first-order valence-electron chi connectivity index (χ1n) is 6.28. The Morgan fingerprint density at radius 1 is 0.600 bits per heavy atom. The van der Waals surface area contributed by atoms with E-state index in [-0.39, 0.29) is 0 Å². The zero-order chi connectivity index (χ0) is 14.2. The molecule has 0 spiro atoms. The van der Waals surface area contributed by atoms with E-state index in [1.807, 2.05) is 60.7 Å². The second-order valence-corrected chi connectivity index (χ2v) is 4.21. The van der Waals surface area contributed by atoms with Crippen molar-refractivity contribution in [3.8, 4) is 0 Å². The van der Waals surface area contributed by atoms with Crippen LogP contribution < -0.4 is 0 Å². The summed E-state index contributed by atoms with van der Waals surface area (Å²) >= 11 is 0. The zero-order valence-corrected chi connectivity index (χ0v) is 10.9. The fraction of sp³-hybridized carbons (Fsp3) is 0. The number of hydrogen-bond acceptors (Lipinski definition) is 2. The van der Waals surface area contributed by atoms with Gasteiger partial charge >= 0.3 is 0 Å². The average molecular weight is 262 g/mol. The minimum absolute atomic E-state index is 0.542. The summed E-state index contributed by atoms with van der Waals surface area (Å²) in [6.45, 7) is 0. The van der Waals surface area contributed by atoms with Crippen LogP contribution in [0.1, 0.15) is 11.1 Å². The molecule has 2 aromatic rings. The van der Waals surface area contributed by atoms with Crippen molar-refractivity contribution in [3.05, 3.63) is 83.9 Å². The smallest absolute Gasteiger partial charge is 0.150 e. The maximum absolute atomic E-state index is 11.2. The molecule has 0 atom stereocenters. The van der Waals surface area contributed by atoms with Gasteiger partial charge in [0.15, 0.2) is 12.6 Å². The highest BCUT2D eigenvalue weighted by atomic mass is 16.1. The van der Waals surface area contributed by atoms with Crippen molar-refractivity contribution in [1.82, 2.24) is 0 Å². The number of benzene rings is 2. The Morgan fingerprint density at radius 3 is 1.25 bits per heavy atom. The van der Waals surface area contributed by atoms with Crippen molar-refractivity contribution < 1.29 is 9.59 Å². The quantitative estimate of drug-likeness (QED) is 0.469. The van der Waals surface area contributed by atoms with Crippen LogP contribution in [0.25, 0.3) is 11.1 Å². The van der Waals surface area contributed by atoms with E-state index in [1.54, 1.807) is 12.2 Å². The molecule has 0 fully saturated rings. The summed E-state index contributed by atoms with van der Waals surface area (Å²) < 4.78 is 0. The van der Waals surface area contributed by atoms with E-state index in [9.17, 15) is 9.59 Å². The zero-order valence-electron chi connectivity index (χ0n) is 10.9. The summed E-state index contributed by atoms with van der Waals surface area (Å²) in [5.41, 5.74) is 2.75. The third-order valence-electron chi connectivity index (χ3n) is 2.91. The summed E-state index contributed by atoms with van der Waals surface area (Å²) in [4.78, 5) is 22.3. The summed E-state index contributed by atoms with van der Waals surface area (Å²) in [6.07, 6.45) is 4.91. The molecule has 0 saturated heterocycles. The van der Waals surface area contributed by atoms with Gasteiger partial charge in [0.25, 0.3) is 0 Å². The van der Waals surface area contributed by atoms with Gasteiger partial charge in [-0.2, -0.15) is 0 Å². The Balaban J connectivity index is 2.35. The molecule has 0 aromatic heterocycles. The molecule has 0 unspecified atom stereocenters. The Kier molecular flexibility index (Phi) is 4.79. The topological polar surface area (TPSA) is 34.1 Å². The van der Waals surface area contributed by atoms with Crippen molar-refractivity contribution in [2.24, 2.45) is 0 Å². The maximum Gasteiger partial charge on any atom is 0.150 e. The molecular formula is C18H14O2. The van der Waals surface area contributed by atoms with Gasteiger partial charge in [-0.1, -0.05) is 72.8 Å². The van der Waals surface area contributed by atoms with Gasteiger partial charge in [-0.05, 0) is 11.1 Å². The first kappa shape index (κ1) is 13.7. The molecule has 0 amide bonds. The lowest BCUT2D eigenvalue weighted by Gasteiger charge is -2.00. The van der Waals surface area contributed by atoms with E-state index in [4.69, 9.17) is 0 Å².